The van der Waals surface area contributed by atoms with Crippen LogP contribution in [0.4, 0.5) is 0 Å². The van der Waals surface area contributed by atoms with Gasteiger partial charge < -0.3 is 5.11 Å². The van der Waals surface area contributed by atoms with Crippen molar-refractivity contribution in [3.05, 3.63) is 6.61 Å². The molecular weight excluding hydrogens is 176 g/mol. The molecule has 2 heteroatoms. The summed E-state index contributed by atoms with van der Waals surface area (Å²) in [7, 11) is 0. The zero-order valence-corrected chi connectivity index (χ0v) is 7.51. The van der Waals surface area contributed by atoms with Gasteiger partial charge in [-0.15, -0.1) is 0 Å². The molecule has 0 heterocycles. The number of hydrogen-bond acceptors (Lipinski definition) is 1. The number of aliphatic hydroxyl groups is 1. The third-order valence-electron chi connectivity index (χ3n) is 1.44. The summed E-state index contributed by atoms with van der Waals surface area (Å²) < 4.78 is 0. The molecule has 0 aromatic heterocycles. The van der Waals surface area contributed by atoms with Crippen LogP contribution in [0.2, 0.25) is 0 Å². The Morgan fingerprint density at radius 3 is 2.20 bits per heavy atom. The predicted octanol–water partition coefficient (Wildman–Crippen LogP) is 2.88. The fourth-order valence-corrected chi connectivity index (χ4v) is 0.839. The van der Waals surface area contributed by atoms with Crippen LogP contribution in [0.5, 0.6) is 0 Å². The zero-order valence-electron chi connectivity index (χ0n) is 6.57. The molecule has 1 nitrogen and oxygen atoms in total. The Bertz CT molecular complexity index is 42.5. The van der Waals surface area contributed by atoms with Gasteiger partial charge in [0.15, 0.2) is 0 Å². The fourth-order valence-electron chi connectivity index (χ4n) is 0.839. The van der Waals surface area contributed by atoms with Gasteiger partial charge in [-0.25, -0.2) is 6.61 Å². The van der Waals surface area contributed by atoms with Crippen molar-refractivity contribution in [1.29, 1.82) is 0 Å². The smallest absolute Gasteiger partial charge is 0.566 e. The average molecular weight is 193 g/mol. The number of rotatable bonds is 6. The second-order valence-electron chi connectivity index (χ2n) is 2.39. The van der Waals surface area contributed by atoms with Crippen molar-refractivity contribution in [2.24, 2.45) is 0 Å². The van der Waals surface area contributed by atoms with E-state index in [0.717, 1.165) is 12.8 Å². The molecule has 0 atom stereocenters. The van der Waals surface area contributed by atoms with Crippen molar-refractivity contribution in [2.45, 2.75) is 45.4 Å². The van der Waals surface area contributed by atoms with E-state index in [-0.39, 0.29) is 17.1 Å². The maximum Gasteiger partial charge on any atom is 1.00 e. The minimum atomic E-state index is 0. The summed E-state index contributed by atoms with van der Waals surface area (Å²) in [5.74, 6) is 0. The summed E-state index contributed by atoms with van der Waals surface area (Å²) in [6.07, 6.45) is 7.24. The second-order valence-corrected chi connectivity index (χ2v) is 2.39. The van der Waals surface area contributed by atoms with Gasteiger partial charge in [-0.05, 0) is 0 Å². The summed E-state index contributed by atoms with van der Waals surface area (Å²) in [5.41, 5.74) is 0. The second kappa shape index (κ2) is 12.2. The molecule has 0 aromatic rings. The largest absolute Gasteiger partial charge is 1.00 e. The Morgan fingerprint density at radius 2 is 1.70 bits per heavy atom. The summed E-state index contributed by atoms with van der Waals surface area (Å²) >= 11 is 0. The van der Waals surface area contributed by atoms with Crippen molar-refractivity contribution in [2.75, 3.05) is 0 Å². The van der Waals surface area contributed by atoms with Gasteiger partial charge in [-0.2, -0.15) is 6.42 Å². The Hall–Kier alpha value is 0.479. The molecule has 0 spiro atoms. The van der Waals surface area contributed by atoms with E-state index < -0.39 is 0 Å². The van der Waals surface area contributed by atoms with Crippen LogP contribution in [0.3, 0.4) is 0 Å². The van der Waals surface area contributed by atoms with Gasteiger partial charge in [-0.3, -0.25) is 0 Å². The van der Waals surface area contributed by atoms with Gasteiger partial charge in [0, 0.05) is 0 Å². The van der Waals surface area contributed by atoms with E-state index in [4.69, 9.17) is 5.11 Å². The molecule has 0 saturated carbocycles. The molecule has 0 rings (SSSR count). The van der Waals surface area contributed by atoms with E-state index in [1.807, 2.05) is 0 Å². The van der Waals surface area contributed by atoms with E-state index in [0.29, 0.717) is 0 Å². The van der Waals surface area contributed by atoms with Gasteiger partial charge in [0.05, 0.1) is 0 Å². The number of unbranched alkanes of at least 4 members (excludes halogenated alkanes) is 5. The van der Waals surface area contributed by atoms with Crippen LogP contribution in [0.1, 0.15) is 45.4 Å². The molecule has 0 radical (unpaired) electrons. The van der Waals surface area contributed by atoms with Crippen LogP contribution in [0.25, 0.3) is 0 Å². The van der Waals surface area contributed by atoms with Gasteiger partial charge in [0.2, 0.25) is 0 Å². The van der Waals surface area contributed by atoms with Crippen molar-refractivity contribution in [1.82, 2.24) is 0 Å². The van der Waals surface area contributed by atoms with Gasteiger partial charge in [-0.1, -0.05) is 39.0 Å². The number of hydrogen-bond donors (Lipinski definition) is 1. The predicted molar refractivity (Wildman–Crippen MR) is 39.6 cm³/mol. The quantitative estimate of drug-likeness (QED) is 0.390. The van der Waals surface area contributed by atoms with E-state index in [1.54, 1.807) is 0 Å². The molecule has 10 heavy (non-hydrogen) atoms. The van der Waals surface area contributed by atoms with Crippen molar-refractivity contribution in [3.63, 3.8) is 0 Å². The zero-order chi connectivity index (χ0) is 6.95. The minimum absolute atomic E-state index is 0. The fraction of sp³-hybridized carbons (Fsp3) is 0.875. The third-order valence-corrected chi connectivity index (χ3v) is 1.44. The normalized spacial score (nSPS) is 9.00. The standard InChI is InChI=1S/C8H17O.Cu/c1-2-3-4-5-6-7-8-9;/h8-9H,2-7H2,1H3;/q-1;+1. The van der Waals surface area contributed by atoms with Crippen molar-refractivity contribution >= 4 is 0 Å². The van der Waals surface area contributed by atoms with Crippen LogP contribution in [-0.4, -0.2) is 5.11 Å². The molecule has 0 aliphatic heterocycles. The molecule has 1 N–H and O–H groups in total. The van der Waals surface area contributed by atoms with Gasteiger partial charge in [0.1, 0.15) is 0 Å². The van der Waals surface area contributed by atoms with Crippen LogP contribution >= 0.6 is 0 Å². The summed E-state index contributed by atoms with van der Waals surface area (Å²) in [5, 5.41) is 8.30. The monoisotopic (exact) mass is 192 g/mol. The summed E-state index contributed by atoms with van der Waals surface area (Å²) in [4.78, 5) is 0. The molecule has 0 fully saturated rings. The number of aliphatic hydroxyl groups excluding tert-OH is 1. The molecule has 0 bridgehead atoms. The first-order chi connectivity index (χ1) is 4.41. The van der Waals surface area contributed by atoms with Crippen LogP contribution in [-0.2, 0) is 17.1 Å². The molecule has 0 aliphatic rings. The topological polar surface area (TPSA) is 20.2 Å². The Morgan fingerprint density at radius 1 is 1.10 bits per heavy atom. The molecule has 0 unspecified atom stereocenters. The Labute approximate surface area is 74.7 Å². The first-order valence-corrected chi connectivity index (χ1v) is 3.87. The van der Waals surface area contributed by atoms with Gasteiger partial charge in [0.25, 0.3) is 0 Å². The molecule has 0 amide bonds. The molecular formula is C8H17CuO. The minimum Gasteiger partial charge on any atom is -0.566 e. The maximum atomic E-state index is 8.30. The SMILES string of the molecule is CCCCCCC[CH-]O.[Cu+]. The molecule has 66 valence electrons. The summed E-state index contributed by atoms with van der Waals surface area (Å²) in [6, 6.07) is 0. The molecule has 0 aromatic carbocycles. The third kappa shape index (κ3) is 11.3. The summed E-state index contributed by atoms with van der Waals surface area (Å²) in [6.45, 7) is 3.46. The van der Waals surface area contributed by atoms with Crippen LogP contribution in [0, 0.1) is 6.61 Å². The van der Waals surface area contributed by atoms with Gasteiger partial charge >= 0.3 is 17.1 Å². The molecule has 0 saturated heterocycles. The van der Waals surface area contributed by atoms with E-state index in [2.05, 4.69) is 6.92 Å². The first-order valence-electron chi connectivity index (χ1n) is 3.87. The van der Waals surface area contributed by atoms with Crippen LogP contribution in [0.15, 0.2) is 0 Å². The first kappa shape index (κ1) is 13.1. The Kier molecular flexibility index (Phi) is 16.0. The Balaban J connectivity index is 0. The van der Waals surface area contributed by atoms with Crippen LogP contribution < -0.4 is 0 Å². The molecule has 0 aliphatic carbocycles. The van der Waals surface area contributed by atoms with Crippen molar-refractivity contribution < 1.29 is 22.2 Å². The van der Waals surface area contributed by atoms with E-state index >= 15 is 0 Å². The van der Waals surface area contributed by atoms with Crippen molar-refractivity contribution in [3.8, 4) is 0 Å². The maximum absolute atomic E-state index is 8.30. The van der Waals surface area contributed by atoms with E-state index in [9.17, 15) is 0 Å². The van der Waals surface area contributed by atoms with E-state index in [1.165, 1.54) is 32.3 Å². The average Bonchev–Trinajstić information content (AvgIpc) is 1.89.